The number of aromatic nitrogens is 4. The van der Waals surface area contributed by atoms with E-state index >= 15 is 0 Å². The summed E-state index contributed by atoms with van der Waals surface area (Å²) in [6, 6.07) is 1.66. The van der Waals surface area contributed by atoms with Crippen molar-refractivity contribution in [2.24, 2.45) is 7.05 Å². The standard InChI is InChI=1S/C9H11N5O/c1-10-9(15)8-3-4-14(12-8)7-5-11-13(2)6-7/h3-6H,1-2H3,(H,10,15). The van der Waals surface area contributed by atoms with Crippen LogP contribution >= 0.6 is 0 Å². The first-order valence-corrected chi connectivity index (χ1v) is 4.47. The van der Waals surface area contributed by atoms with Crippen LogP contribution < -0.4 is 5.32 Å². The van der Waals surface area contributed by atoms with Crippen molar-refractivity contribution in [2.45, 2.75) is 0 Å². The summed E-state index contributed by atoms with van der Waals surface area (Å²) in [7, 11) is 3.40. The van der Waals surface area contributed by atoms with E-state index in [0.29, 0.717) is 5.69 Å². The molecule has 0 saturated carbocycles. The number of amides is 1. The van der Waals surface area contributed by atoms with Gasteiger partial charge in [-0.2, -0.15) is 10.2 Å². The highest BCUT2D eigenvalue weighted by Crippen LogP contribution is 2.05. The molecule has 0 fully saturated rings. The van der Waals surface area contributed by atoms with Crippen LogP contribution in [0.15, 0.2) is 24.7 Å². The minimum Gasteiger partial charge on any atom is -0.354 e. The van der Waals surface area contributed by atoms with Gasteiger partial charge in [0, 0.05) is 20.3 Å². The Morgan fingerprint density at radius 2 is 2.33 bits per heavy atom. The summed E-state index contributed by atoms with van der Waals surface area (Å²) in [5.41, 5.74) is 1.22. The normalized spacial score (nSPS) is 10.3. The third-order valence-electron chi connectivity index (χ3n) is 2.00. The van der Waals surface area contributed by atoms with Crippen molar-refractivity contribution < 1.29 is 4.79 Å². The fourth-order valence-corrected chi connectivity index (χ4v) is 1.24. The Morgan fingerprint density at radius 1 is 1.53 bits per heavy atom. The summed E-state index contributed by atoms with van der Waals surface area (Å²) in [5, 5.41) is 10.7. The van der Waals surface area contributed by atoms with Gasteiger partial charge in [-0.1, -0.05) is 0 Å². The van der Waals surface area contributed by atoms with E-state index in [1.807, 2.05) is 13.2 Å². The maximum atomic E-state index is 11.3. The largest absolute Gasteiger partial charge is 0.354 e. The Morgan fingerprint density at radius 3 is 2.93 bits per heavy atom. The van der Waals surface area contributed by atoms with E-state index in [4.69, 9.17) is 0 Å². The second kappa shape index (κ2) is 3.56. The van der Waals surface area contributed by atoms with Crippen LogP contribution in [-0.4, -0.2) is 32.5 Å². The average Bonchev–Trinajstić information content (AvgIpc) is 2.84. The highest BCUT2D eigenvalue weighted by Gasteiger charge is 2.08. The van der Waals surface area contributed by atoms with E-state index in [0.717, 1.165) is 5.69 Å². The van der Waals surface area contributed by atoms with Gasteiger partial charge in [0.05, 0.1) is 12.4 Å². The lowest BCUT2D eigenvalue weighted by Gasteiger charge is -1.95. The van der Waals surface area contributed by atoms with Gasteiger partial charge in [0.1, 0.15) is 5.69 Å². The van der Waals surface area contributed by atoms with Gasteiger partial charge in [0.25, 0.3) is 5.91 Å². The van der Waals surface area contributed by atoms with Crippen LogP contribution in [0.4, 0.5) is 0 Å². The van der Waals surface area contributed by atoms with Crippen molar-refractivity contribution in [3.8, 4) is 5.69 Å². The van der Waals surface area contributed by atoms with Gasteiger partial charge in [0.15, 0.2) is 5.69 Å². The van der Waals surface area contributed by atoms with Crippen molar-refractivity contribution in [1.82, 2.24) is 24.9 Å². The Bertz CT molecular complexity index is 484. The number of rotatable bonds is 2. The first kappa shape index (κ1) is 9.45. The highest BCUT2D eigenvalue weighted by atomic mass is 16.1. The topological polar surface area (TPSA) is 64.7 Å². The zero-order valence-electron chi connectivity index (χ0n) is 8.51. The van der Waals surface area contributed by atoms with Crippen LogP contribution in [0.1, 0.15) is 10.5 Å². The maximum Gasteiger partial charge on any atom is 0.271 e. The molecule has 78 valence electrons. The molecular formula is C9H11N5O. The molecule has 0 radical (unpaired) electrons. The zero-order valence-corrected chi connectivity index (χ0v) is 8.51. The van der Waals surface area contributed by atoms with Gasteiger partial charge in [-0.15, -0.1) is 0 Å². The minimum atomic E-state index is -0.197. The lowest BCUT2D eigenvalue weighted by Crippen LogP contribution is -2.18. The Hall–Kier alpha value is -2.11. The molecule has 2 aromatic rings. The summed E-state index contributed by atoms with van der Waals surface area (Å²) in [6.07, 6.45) is 5.23. The van der Waals surface area contributed by atoms with Crippen LogP contribution in [0, 0.1) is 0 Å². The van der Waals surface area contributed by atoms with E-state index in [9.17, 15) is 4.79 Å². The summed E-state index contributed by atoms with van der Waals surface area (Å²) in [6.45, 7) is 0. The van der Waals surface area contributed by atoms with Crippen molar-refractivity contribution in [3.05, 3.63) is 30.4 Å². The van der Waals surface area contributed by atoms with Crippen molar-refractivity contribution in [1.29, 1.82) is 0 Å². The quantitative estimate of drug-likeness (QED) is 0.748. The SMILES string of the molecule is CNC(=O)c1ccn(-c2cnn(C)c2)n1. The number of nitrogens with zero attached hydrogens (tertiary/aromatic N) is 4. The molecule has 1 amide bonds. The molecule has 0 spiro atoms. The molecule has 0 aromatic carbocycles. The second-order valence-electron chi connectivity index (χ2n) is 3.10. The van der Waals surface area contributed by atoms with Crippen LogP contribution in [0.25, 0.3) is 5.69 Å². The smallest absolute Gasteiger partial charge is 0.271 e. The second-order valence-corrected chi connectivity index (χ2v) is 3.10. The number of hydrogen-bond acceptors (Lipinski definition) is 3. The van der Waals surface area contributed by atoms with Gasteiger partial charge in [-0.05, 0) is 6.07 Å². The molecule has 0 unspecified atom stereocenters. The van der Waals surface area contributed by atoms with Crippen molar-refractivity contribution in [3.63, 3.8) is 0 Å². The number of carbonyl (C=O) groups is 1. The Labute approximate surface area is 86.5 Å². The summed E-state index contributed by atoms with van der Waals surface area (Å²) < 4.78 is 3.29. The van der Waals surface area contributed by atoms with E-state index in [-0.39, 0.29) is 5.91 Å². The monoisotopic (exact) mass is 205 g/mol. The Balaban J connectivity index is 2.31. The summed E-state index contributed by atoms with van der Waals surface area (Å²) in [5.74, 6) is -0.197. The molecule has 2 rings (SSSR count). The van der Waals surface area contributed by atoms with Crippen molar-refractivity contribution >= 4 is 5.91 Å². The zero-order chi connectivity index (χ0) is 10.8. The maximum absolute atomic E-state index is 11.3. The third kappa shape index (κ3) is 1.74. The summed E-state index contributed by atoms with van der Waals surface area (Å²) >= 11 is 0. The molecule has 6 nitrogen and oxygen atoms in total. The highest BCUT2D eigenvalue weighted by molar-refractivity contribution is 5.91. The molecule has 1 N–H and O–H groups in total. The molecular weight excluding hydrogens is 194 g/mol. The van der Waals surface area contributed by atoms with Gasteiger partial charge in [0.2, 0.25) is 0 Å². The predicted molar refractivity (Wildman–Crippen MR) is 53.7 cm³/mol. The molecule has 2 aromatic heterocycles. The molecule has 0 aliphatic carbocycles. The lowest BCUT2D eigenvalue weighted by atomic mass is 10.4. The number of nitrogens with one attached hydrogen (secondary N) is 1. The molecule has 15 heavy (non-hydrogen) atoms. The fraction of sp³-hybridized carbons (Fsp3) is 0.222. The molecule has 0 saturated heterocycles. The van der Waals surface area contributed by atoms with E-state index < -0.39 is 0 Å². The van der Waals surface area contributed by atoms with Gasteiger partial charge >= 0.3 is 0 Å². The molecule has 0 bridgehead atoms. The first-order valence-electron chi connectivity index (χ1n) is 4.47. The van der Waals surface area contributed by atoms with Gasteiger partial charge in [-0.25, -0.2) is 4.68 Å². The first-order chi connectivity index (χ1) is 7.20. The number of carbonyl (C=O) groups excluding carboxylic acids is 1. The minimum absolute atomic E-state index is 0.197. The van der Waals surface area contributed by atoms with E-state index in [2.05, 4.69) is 15.5 Å². The molecule has 6 heteroatoms. The van der Waals surface area contributed by atoms with Crippen LogP contribution in [0.5, 0.6) is 0 Å². The predicted octanol–water partition coefficient (Wildman–Crippen LogP) is -0.0346. The van der Waals surface area contributed by atoms with Crippen molar-refractivity contribution in [2.75, 3.05) is 7.05 Å². The van der Waals surface area contributed by atoms with Crippen LogP contribution in [0.3, 0.4) is 0 Å². The van der Waals surface area contributed by atoms with Crippen LogP contribution in [-0.2, 0) is 7.05 Å². The van der Waals surface area contributed by atoms with Gasteiger partial charge < -0.3 is 5.32 Å². The number of hydrogen-bond donors (Lipinski definition) is 1. The third-order valence-corrected chi connectivity index (χ3v) is 2.00. The molecule has 0 aliphatic heterocycles. The average molecular weight is 205 g/mol. The lowest BCUT2D eigenvalue weighted by molar-refractivity contribution is 0.0958. The molecule has 2 heterocycles. The Kier molecular flexibility index (Phi) is 2.24. The van der Waals surface area contributed by atoms with E-state index in [1.165, 1.54) is 0 Å². The molecule has 0 atom stereocenters. The fourth-order valence-electron chi connectivity index (χ4n) is 1.24. The van der Waals surface area contributed by atoms with Crippen LogP contribution in [0.2, 0.25) is 0 Å². The van der Waals surface area contributed by atoms with Gasteiger partial charge in [-0.3, -0.25) is 9.48 Å². The van der Waals surface area contributed by atoms with E-state index in [1.54, 1.807) is 34.9 Å². The number of aryl methyl sites for hydroxylation is 1. The summed E-state index contributed by atoms with van der Waals surface area (Å²) in [4.78, 5) is 11.3. The molecule has 0 aliphatic rings.